The number of aromatic nitrogens is 3. The van der Waals surface area contributed by atoms with E-state index in [0.29, 0.717) is 10.6 Å². The van der Waals surface area contributed by atoms with E-state index in [2.05, 4.69) is 15.0 Å². The number of rotatable bonds is 2. The van der Waals surface area contributed by atoms with Crippen LogP contribution in [0.4, 0.5) is 0 Å². The van der Waals surface area contributed by atoms with Gasteiger partial charge in [0.25, 0.3) is 0 Å². The first-order chi connectivity index (χ1) is 8.22. The van der Waals surface area contributed by atoms with Crippen molar-refractivity contribution >= 4 is 12.2 Å². The molecule has 0 radical (unpaired) electrons. The summed E-state index contributed by atoms with van der Waals surface area (Å²) in [6.07, 6.45) is 4.29. The van der Waals surface area contributed by atoms with Gasteiger partial charge in [-0.1, -0.05) is 12.2 Å². The zero-order valence-corrected chi connectivity index (χ0v) is 10.4. The van der Waals surface area contributed by atoms with Crippen molar-refractivity contribution in [3.63, 3.8) is 0 Å². The van der Waals surface area contributed by atoms with Gasteiger partial charge in [-0.15, -0.1) is 0 Å². The van der Waals surface area contributed by atoms with Gasteiger partial charge in [0, 0.05) is 11.9 Å². The molecule has 17 heavy (non-hydrogen) atoms. The Morgan fingerprint density at radius 1 is 1.35 bits per heavy atom. The van der Waals surface area contributed by atoms with Gasteiger partial charge in [-0.05, 0) is 49.4 Å². The van der Waals surface area contributed by atoms with Crippen LogP contribution in [0.3, 0.4) is 0 Å². The number of hydrogen-bond donors (Lipinski definition) is 1. The first-order valence-electron chi connectivity index (χ1n) is 5.77. The van der Waals surface area contributed by atoms with E-state index in [-0.39, 0.29) is 0 Å². The van der Waals surface area contributed by atoms with Crippen LogP contribution in [0.5, 0.6) is 0 Å². The summed E-state index contributed by atoms with van der Waals surface area (Å²) in [5, 5.41) is 0. The van der Waals surface area contributed by atoms with Gasteiger partial charge < -0.3 is 4.98 Å². The Bertz CT molecular complexity index is 614. The maximum Gasteiger partial charge on any atom is 0.157 e. The largest absolute Gasteiger partial charge is 0.342 e. The lowest BCUT2D eigenvalue weighted by molar-refractivity contribution is 0.981. The summed E-state index contributed by atoms with van der Waals surface area (Å²) < 4.78 is 0.643. The fraction of sp³-hybridized carbons (Fsp3) is 0.308. The van der Waals surface area contributed by atoms with Crippen LogP contribution in [0.25, 0.3) is 11.5 Å². The van der Waals surface area contributed by atoms with Gasteiger partial charge in [0.05, 0.1) is 0 Å². The Morgan fingerprint density at radius 2 is 2.18 bits per heavy atom. The molecule has 3 nitrogen and oxygen atoms in total. The maximum absolute atomic E-state index is 5.21. The van der Waals surface area contributed by atoms with E-state index in [4.69, 9.17) is 12.2 Å². The summed E-state index contributed by atoms with van der Waals surface area (Å²) >= 11 is 5.21. The molecule has 1 saturated carbocycles. The zero-order valence-electron chi connectivity index (χ0n) is 9.60. The van der Waals surface area contributed by atoms with Gasteiger partial charge in [0.2, 0.25) is 0 Å². The predicted octanol–water partition coefficient (Wildman–Crippen LogP) is 3.39. The standard InChI is InChI=1S/C13H13N3S/c1-8-4-5-14-11(6-8)13-15-10(9-2-3-9)7-12(17)16-13/h4-7,9H,2-3H2,1H3,(H,15,16,17). The molecule has 2 aromatic heterocycles. The third kappa shape index (κ3) is 2.26. The van der Waals surface area contributed by atoms with E-state index in [1.807, 2.05) is 25.1 Å². The summed E-state index contributed by atoms with van der Waals surface area (Å²) in [6, 6.07) is 5.96. The molecule has 0 atom stereocenters. The molecule has 0 bridgehead atoms. The van der Waals surface area contributed by atoms with Gasteiger partial charge in [-0.2, -0.15) is 0 Å². The summed E-state index contributed by atoms with van der Waals surface area (Å²) in [6.45, 7) is 2.05. The molecule has 0 spiro atoms. The molecule has 86 valence electrons. The topological polar surface area (TPSA) is 41.6 Å². The van der Waals surface area contributed by atoms with Gasteiger partial charge in [-0.25, -0.2) is 4.98 Å². The Kier molecular flexibility index (Phi) is 2.52. The van der Waals surface area contributed by atoms with Gasteiger partial charge >= 0.3 is 0 Å². The van der Waals surface area contributed by atoms with Crippen molar-refractivity contribution in [2.75, 3.05) is 0 Å². The van der Waals surface area contributed by atoms with E-state index >= 15 is 0 Å². The molecule has 1 N–H and O–H groups in total. The van der Waals surface area contributed by atoms with Crippen LogP contribution in [0, 0.1) is 11.6 Å². The molecule has 2 heterocycles. The zero-order chi connectivity index (χ0) is 11.8. The molecular formula is C13H13N3S. The molecule has 1 aliphatic carbocycles. The SMILES string of the molecule is Cc1ccnc(-c2nc(=S)cc(C3CC3)[nH]2)c1. The highest BCUT2D eigenvalue weighted by atomic mass is 32.1. The average Bonchev–Trinajstić information content (AvgIpc) is 3.12. The molecule has 0 unspecified atom stereocenters. The van der Waals surface area contributed by atoms with Crippen LogP contribution in [-0.4, -0.2) is 15.0 Å². The molecule has 2 aromatic rings. The van der Waals surface area contributed by atoms with E-state index in [9.17, 15) is 0 Å². The average molecular weight is 243 g/mol. The third-order valence-corrected chi connectivity index (χ3v) is 3.15. The highest BCUT2D eigenvalue weighted by Gasteiger charge is 2.24. The Hall–Kier alpha value is -1.55. The minimum Gasteiger partial charge on any atom is -0.342 e. The van der Waals surface area contributed by atoms with Crippen LogP contribution < -0.4 is 0 Å². The van der Waals surface area contributed by atoms with E-state index in [0.717, 1.165) is 11.5 Å². The molecule has 1 fully saturated rings. The van der Waals surface area contributed by atoms with Crippen LogP contribution in [0.2, 0.25) is 0 Å². The quantitative estimate of drug-likeness (QED) is 0.822. The molecule has 3 rings (SSSR count). The Balaban J connectivity index is 2.10. The van der Waals surface area contributed by atoms with Crippen LogP contribution in [0.1, 0.15) is 30.0 Å². The summed E-state index contributed by atoms with van der Waals surface area (Å²) in [5.41, 5.74) is 3.23. The van der Waals surface area contributed by atoms with Crippen molar-refractivity contribution in [1.29, 1.82) is 0 Å². The second kappa shape index (κ2) is 4.04. The van der Waals surface area contributed by atoms with E-state index in [1.54, 1.807) is 6.20 Å². The number of aryl methyl sites for hydroxylation is 1. The molecule has 0 aliphatic heterocycles. The first kappa shape index (κ1) is 10.6. The molecule has 0 aromatic carbocycles. The number of H-pyrrole nitrogens is 1. The van der Waals surface area contributed by atoms with Crippen molar-refractivity contribution in [3.8, 4) is 11.5 Å². The van der Waals surface area contributed by atoms with Crippen LogP contribution in [-0.2, 0) is 0 Å². The van der Waals surface area contributed by atoms with Crippen molar-refractivity contribution < 1.29 is 0 Å². The number of pyridine rings is 1. The van der Waals surface area contributed by atoms with E-state index < -0.39 is 0 Å². The third-order valence-electron chi connectivity index (χ3n) is 2.94. The van der Waals surface area contributed by atoms with Gasteiger partial charge in [-0.3, -0.25) is 4.98 Å². The fourth-order valence-corrected chi connectivity index (χ4v) is 2.10. The maximum atomic E-state index is 5.21. The summed E-state index contributed by atoms with van der Waals surface area (Å²) in [7, 11) is 0. The van der Waals surface area contributed by atoms with Crippen LogP contribution in [0.15, 0.2) is 24.4 Å². The van der Waals surface area contributed by atoms with Crippen LogP contribution >= 0.6 is 12.2 Å². The van der Waals surface area contributed by atoms with Crippen molar-refractivity contribution in [2.45, 2.75) is 25.7 Å². The molecule has 0 amide bonds. The Labute approximate surface area is 105 Å². The predicted molar refractivity (Wildman–Crippen MR) is 69.4 cm³/mol. The minimum absolute atomic E-state index is 0.642. The highest BCUT2D eigenvalue weighted by molar-refractivity contribution is 7.71. The second-order valence-corrected chi connectivity index (χ2v) is 4.93. The number of hydrogen-bond acceptors (Lipinski definition) is 3. The summed E-state index contributed by atoms with van der Waals surface area (Å²) in [5.74, 6) is 1.42. The number of nitrogens with one attached hydrogen (secondary N) is 1. The number of nitrogens with zero attached hydrogens (tertiary/aromatic N) is 2. The molecule has 0 saturated heterocycles. The van der Waals surface area contributed by atoms with Gasteiger partial charge in [0.15, 0.2) is 5.82 Å². The molecule has 1 aliphatic rings. The number of aromatic amines is 1. The second-order valence-electron chi connectivity index (χ2n) is 4.52. The normalized spacial score (nSPS) is 14.9. The van der Waals surface area contributed by atoms with E-state index in [1.165, 1.54) is 24.1 Å². The Morgan fingerprint density at radius 3 is 2.88 bits per heavy atom. The van der Waals surface area contributed by atoms with Crippen molar-refractivity contribution in [3.05, 3.63) is 40.3 Å². The lowest BCUT2D eigenvalue weighted by atomic mass is 10.2. The van der Waals surface area contributed by atoms with Gasteiger partial charge in [0.1, 0.15) is 10.3 Å². The fourth-order valence-electron chi connectivity index (χ4n) is 1.88. The lowest BCUT2D eigenvalue weighted by Gasteiger charge is -2.04. The molecule has 4 heteroatoms. The van der Waals surface area contributed by atoms with Crippen molar-refractivity contribution in [2.24, 2.45) is 0 Å². The molecular weight excluding hydrogens is 230 g/mol. The highest BCUT2D eigenvalue weighted by Crippen LogP contribution is 2.39. The lowest BCUT2D eigenvalue weighted by Crippen LogP contribution is -1.96. The van der Waals surface area contributed by atoms with Crippen molar-refractivity contribution in [1.82, 2.24) is 15.0 Å². The summed E-state index contributed by atoms with van der Waals surface area (Å²) in [4.78, 5) is 12.0. The smallest absolute Gasteiger partial charge is 0.157 e. The monoisotopic (exact) mass is 243 g/mol. The minimum atomic E-state index is 0.642. The first-order valence-corrected chi connectivity index (χ1v) is 6.17.